The molecule has 0 aliphatic heterocycles. The summed E-state index contributed by atoms with van der Waals surface area (Å²) in [5.41, 5.74) is 4.72. The van der Waals surface area contributed by atoms with Gasteiger partial charge in [-0.3, -0.25) is 0 Å². The van der Waals surface area contributed by atoms with Crippen LogP contribution in [0.5, 0.6) is 0 Å². The van der Waals surface area contributed by atoms with E-state index in [1.807, 2.05) is 0 Å². The second-order valence-electron chi connectivity index (χ2n) is 10.8. The molecule has 0 bridgehead atoms. The zero-order valence-corrected chi connectivity index (χ0v) is 21.6. The molecule has 3 fully saturated rings. The SMILES string of the molecule is C=C1CC[C@H](O)C/C1=C/C=C1\CCC[C@]2(C)[C@@H]([C@H](C)CCCC(C)C)CC[C@@H]12.[SeH2]. The molecule has 0 heterocycles. The Bertz CT molecular complexity index is 616. The van der Waals surface area contributed by atoms with E-state index in [9.17, 15) is 5.11 Å². The molecule has 3 rings (SSSR count). The van der Waals surface area contributed by atoms with E-state index < -0.39 is 0 Å². The molecule has 166 valence electrons. The zero-order chi connectivity index (χ0) is 20.3. The first-order valence-corrected chi connectivity index (χ1v) is 12.1. The van der Waals surface area contributed by atoms with Crippen LogP contribution in [0.4, 0.5) is 0 Å². The van der Waals surface area contributed by atoms with E-state index in [1.54, 1.807) is 5.57 Å². The molecule has 3 saturated carbocycles. The number of hydrogen-bond acceptors (Lipinski definition) is 1. The number of aliphatic hydroxyl groups is 1. The van der Waals surface area contributed by atoms with Gasteiger partial charge < -0.3 is 5.11 Å². The molecular weight excluding hydrogens is 419 g/mol. The van der Waals surface area contributed by atoms with E-state index in [2.05, 4.69) is 46.4 Å². The minimum absolute atomic E-state index is 0. The van der Waals surface area contributed by atoms with Crippen LogP contribution in [0.15, 0.2) is 35.5 Å². The van der Waals surface area contributed by atoms with Crippen molar-refractivity contribution in [1.29, 1.82) is 0 Å². The fourth-order valence-electron chi connectivity index (χ4n) is 6.66. The standard InChI is InChI=1S/C27H44O.H2Se/c1-19(2)8-6-9-21(4)25-15-16-26-22(10-7-17-27(25,26)5)12-13-23-18-24(28)14-11-20(23)3;/h12-13,19,21,24-26,28H,3,6-11,14-18H2,1-2,4-5H3;1H2/b22-12+,23-13-;/t21-,24+,25-,26+,27-;/m1./s1. The minimum atomic E-state index is -0.172. The van der Waals surface area contributed by atoms with Gasteiger partial charge in [0.1, 0.15) is 0 Å². The van der Waals surface area contributed by atoms with Crippen LogP contribution in [0.25, 0.3) is 0 Å². The quantitative estimate of drug-likeness (QED) is 0.433. The summed E-state index contributed by atoms with van der Waals surface area (Å²) in [6.45, 7) is 14.1. The number of rotatable bonds is 6. The Morgan fingerprint density at radius 2 is 1.86 bits per heavy atom. The van der Waals surface area contributed by atoms with Crippen molar-refractivity contribution in [3.8, 4) is 0 Å². The van der Waals surface area contributed by atoms with Crippen molar-refractivity contribution >= 4 is 17.1 Å². The molecule has 0 saturated heterocycles. The summed E-state index contributed by atoms with van der Waals surface area (Å²) in [6.07, 6.45) is 18.2. The predicted octanol–water partition coefficient (Wildman–Crippen LogP) is 6.70. The fraction of sp³-hybridized carbons (Fsp3) is 0.778. The van der Waals surface area contributed by atoms with Gasteiger partial charge in [-0.1, -0.05) is 76.8 Å². The number of fused-ring (bicyclic) bond motifs is 1. The Morgan fingerprint density at radius 3 is 2.59 bits per heavy atom. The van der Waals surface area contributed by atoms with Crippen molar-refractivity contribution in [2.24, 2.45) is 29.1 Å². The summed E-state index contributed by atoms with van der Waals surface area (Å²) in [7, 11) is 0. The topological polar surface area (TPSA) is 20.2 Å². The van der Waals surface area contributed by atoms with Crippen molar-refractivity contribution in [2.75, 3.05) is 0 Å². The molecule has 2 heteroatoms. The van der Waals surface area contributed by atoms with Gasteiger partial charge in [0.25, 0.3) is 0 Å². The molecule has 0 amide bonds. The normalized spacial score (nSPS) is 36.3. The van der Waals surface area contributed by atoms with E-state index in [-0.39, 0.29) is 23.2 Å². The van der Waals surface area contributed by atoms with E-state index in [4.69, 9.17) is 0 Å². The van der Waals surface area contributed by atoms with Crippen molar-refractivity contribution in [3.63, 3.8) is 0 Å². The third-order valence-corrected chi connectivity index (χ3v) is 8.35. The zero-order valence-electron chi connectivity index (χ0n) is 19.5. The van der Waals surface area contributed by atoms with E-state index in [0.717, 1.165) is 42.9 Å². The van der Waals surface area contributed by atoms with E-state index in [1.165, 1.54) is 62.5 Å². The summed E-state index contributed by atoms with van der Waals surface area (Å²) < 4.78 is 0. The van der Waals surface area contributed by atoms with Gasteiger partial charge in [-0.05, 0) is 86.0 Å². The maximum atomic E-state index is 10.0. The molecule has 0 spiro atoms. The molecule has 1 N–H and O–H groups in total. The summed E-state index contributed by atoms with van der Waals surface area (Å²) >= 11 is 0. The molecule has 3 aliphatic carbocycles. The van der Waals surface area contributed by atoms with Crippen LogP contribution in [-0.2, 0) is 0 Å². The Labute approximate surface area is 191 Å². The Kier molecular flexibility index (Phi) is 9.32. The van der Waals surface area contributed by atoms with Crippen LogP contribution in [0, 0.1) is 29.1 Å². The summed E-state index contributed by atoms with van der Waals surface area (Å²) in [5, 5.41) is 10.0. The average Bonchev–Trinajstić information content (AvgIpc) is 2.99. The van der Waals surface area contributed by atoms with Crippen molar-refractivity contribution in [2.45, 2.75) is 104 Å². The molecule has 0 aromatic carbocycles. The van der Waals surface area contributed by atoms with Gasteiger partial charge >= 0.3 is 17.1 Å². The van der Waals surface area contributed by atoms with Gasteiger partial charge in [0, 0.05) is 0 Å². The van der Waals surface area contributed by atoms with Crippen LogP contribution in [0.3, 0.4) is 0 Å². The average molecular weight is 466 g/mol. The first-order chi connectivity index (χ1) is 13.3. The van der Waals surface area contributed by atoms with Crippen LogP contribution in [-0.4, -0.2) is 28.3 Å². The molecule has 1 nitrogen and oxygen atoms in total. The number of hydrogen-bond donors (Lipinski definition) is 1. The summed E-state index contributed by atoms with van der Waals surface area (Å²) in [5.74, 6) is 3.37. The third kappa shape index (κ3) is 5.90. The van der Waals surface area contributed by atoms with E-state index >= 15 is 0 Å². The van der Waals surface area contributed by atoms with Gasteiger partial charge in [-0.2, -0.15) is 0 Å². The molecule has 0 unspecified atom stereocenters. The number of aliphatic hydroxyl groups excluding tert-OH is 1. The van der Waals surface area contributed by atoms with Gasteiger partial charge in [-0.15, -0.1) is 0 Å². The molecular formula is C27H46OSe. The molecule has 0 aromatic rings. The maximum absolute atomic E-state index is 10.0. The Morgan fingerprint density at radius 1 is 1.10 bits per heavy atom. The Hall–Kier alpha value is -0.301. The van der Waals surface area contributed by atoms with Crippen molar-refractivity contribution in [3.05, 3.63) is 35.5 Å². The molecule has 0 aromatic heterocycles. The monoisotopic (exact) mass is 466 g/mol. The summed E-state index contributed by atoms with van der Waals surface area (Å²) in [4.78, 5) is 0. The van der Waals surface area contributed by atoms with Crippen molar-refractivity contribution < 1.29 is 5.11 Å². The first kappa shape index (κ1) is 25.0. The molecule has 5 atom stereocenters. The number of allylic oxidation sites excluding steroid dienone is 4. The first-order valence-electron chi connectivity index (χ1n) is 12.1. The van der Waals surface area contributed by atoms with Gasteiger partial charge in [0.15, 0.2) is 0 Å². The van der Waals surface area contributed by atoms with Gasteiger partial charge in [0.05, 0.1) is 6.10 Å². The second kappa shape index (κ2) is 10.8. The van der Waals surface area contributed by atoms with Crippen LogP contribution in [0.1, 0.15) is 98.3 Å². The van der Waals surface area contributed by atoms with Gasteiger partial charge in [0.2, 0.25) is 0 Å². The Balaban J connectivity index is 0.00000300. The second-order valence-corrected chi connectivity index (χ2v) is 10.8. The molecule has 3 aliphatic rings. The van der Waals surface area contributed by atoms with Crippen molar-refractivity contribution in [1.82, 2.24) is 0 Å². The van der Waals surface area contributed by atoms with Crippen LogP contribution >= 0.6 is 0 Å². The van der Waals surface area contributed by atoms with Crippen LogP contribution < -0.4 is 0 Å². The van der Waals surface area contributed by atoms with E-state index in [0.29, 0.717) is 5.41 Å². The molecule has 0 radical (unpaired) electrons. The predicted molar refractivity (Wildman–Crippen MR) is 130 cm³/mol. The summed E-state index contributed by atoms with van der Waals surface area (Å²) in [6, 6.07) is 0. The molecule has 29 heavy (non-hydrogen) atoms. The van der Waals surface area contributed by atoms with Crippen LogP contribution in [0.2, 0.25) is 0 Å². The fourth-order valence-corrected chi connectivity index (χ4v) is 6.66. The van der Waals surface area contributed by atoms with Gasteiger partial charge in [-0.25, -0.2) is 0 Å². The third-order valence-electron chi connectivity index (χ3n) is 8.35.